The predicted octanol–water partition coefficient (Wildman–Crippen LogP) is 3.85. The number of rotatable bonds is 5. The Morgan fingerprint density at radius 3 is 2.85 bits per heavy atom. The SMILES string of the molecule is Fc1nc(NCc2ccncc2Br)ccc1Cc1c[nH]c2ncncc12. The number of hydrogen-bond donors (Lipinski definition) is 2. The van der Waals surface area contributed by atoms with Gasteiger partial charge in [0, 0.05) is 53.2 Å². The Morgan fingerprint density at radius 2 is 2.00 bits per heavy atom. The zero-order valence-corrected chi connectivity index (χ0v) is 15.2. The molecule has 0 amide bonds. The number of nitrogens with one attached hydrogen (secondary N) is 2. The summed E-state index contributed by atoms with van der Waals surface area (Å²) in [7, 11) is 0. The molecule has 8 heteroatoms. The van der Waals surface area contributed by atoms with Crippen LogP contribution in [0.25, 0.3) is 11.0 Å². The van der Waals surface area contributed by atoms with Crippen molar-refractivity contribution in [2.45, 2.75) is 13.0 Å². The van der Waals surface area contributed by atoms with Gasteiger partial charge in [0.05, 0.1) is 0 Å². The zero-order chi connectivity index (χ0) is 17.9. The molecule has 0 aromatic carbocycles. The minimum atomic E-state index is -0.491. The number of anilines is 1. The van der Waals surface area contributed by atoms with Gasteiger partial charge in [0.25, 0.3) is 0 Å². The summed E-state index contributed by atoms with van der Waals surface area (Å²) < 4.78 is 15.3. The molecule has 4 rings (SSSR count). The van der Waals surface area contributed by atoms with E-state index < -0.39 is 5.95 Å². The summed E-state index contributed by atoms with van der Waals surface area (Å²) >= 11 is 3.44. The maximum Gasteiger partial charge on any atom is 0.218 e. The second-order valence-electron chi connectivity index (χ2n) is 5.74. The maximum absolute atomic E-state index is 14.4. The van der Waals surface area contributed by atoms with Crippen molar-refractivity contribution in [3.63, 3.8) is 0 Å². The number of H-pyrrole nitrogens is 1. The van der Waals surface area contributed by atoms with Gasteiger partial charge in [-0.3, -0.25) is 4.98 Å². The van der Waals surface area contributed by atoms with E-state index in [0.29, 0.717) is 24.3 Å². The van der Waals surface area contributed by atoms with Gasteiger partial charge in [-0.2, -0.15) is 4.39 Å². The average Bonchev–Trinajstić information content (AvgIpc) is 3.06. The first-order valence-electron chi connectivity index (χ1n) is 7.94. The Labute approximate surface area is 157 Å². The molecule has 6 nitrogen and oxygen atoms in total. The third kappa shape index (κ3) is 3.41. The van der Waals surface area contributed by atoms with E-state index in [9.17, 15) is 4.39 Å². The van der Waals surface area contributed by atoms with E-state index in [1.165, 1.54) is 6.33 Å². The van der Waals surface area contributed by atoms with Crippen molar-refractivity contribution in [1.29, 1.82) is 0 Å². The molecule has 2 N–H and O–H groups in total. The van der Waals surface area contributed by atoms with Crippen LogP contribution in [0.15, 0.2) is 53.8 Å². The third-order valence-electron chi connectivity index (χ3n) is 4.06. The smallest absolute Gasteiger partial charge is 0.218 e. The van der Waals surface area contributed by atoms with Crippen molar-refractivity contribution in [3.05, 3.63) is 76.4 Å². The van der Waals surface area contributed by atoms with Gasteiger partial charge in [-0.1, -0.05) is 6.07 Å². The minimum Gasteiger partial charge on any atom is -0.366 e. The lowest BCUT2D eigenvalue weighted by Gasteiger charge is -2.09. The van der Waals surface area contributed by atoms with E-state index in [-0.39, 0.29) is 0 Å². The molecule has 0 spiro atoms. The van der Waals surface area contributed by atoms with Gasteiger partial charge in [0.1, 0.15) is 17.8 Å². The van der Waals surface area contributed by atoms with E-state index in [4.69, 9.17) is 0 Å². The summed E-state index contributed by atoms with van der Waals surface area (Å²) in [6.45, 7) is 0.522. The van der Waals surface area contributed by atoms with Crippen molar-refractivity contribution in [1.82, 2.24) is 24.9 Å². The summed E-state index contributed by atoms with van der Waals surface area (Å²) in [4.78, 5) is 19.3. The summed E-state index contributed by atoms with van der Waals surface area (Å²) in [5.41, 5.74) is 3.21. The van der Waals surface area contributed by atoms with E-state index in [2.05, 4.69) is 46.2 Å². The molecule has 0 atom stereocenters. The molecule has 0 fully saturated rings. The lowest BCUT2D eigenvalue weighted by molar-refractivity contribution is 0.571. The number of pyridine rings is 2. The van der Waals surface area contributed by atoms with Crippen molar-refractivity contribution < 1.29 is 4.39 Å². The first kappa shape index (κ1) is 16.6. The first-order valence-corrected chi connectivity index (χ1v) is 8.73. The Bertz CT molecular complexity index is 1060. The highest BCUT2D eigenvalue weighted by atomic mass is 79.9. The number of aromatic nitrogens is 5. The highest BCUT2D eigenvalue weighted by Crippen LogP contribution is 2.21. The Balaban J connectivity index is 1.50. The summed E-state index contributed by atoms with van der Waals surface area (Å²) in [6.07, 6.45) is 8.88. The Kier molecular flexibility index (Phi) is 4.57. The van der Waals surface area contributed by atoms with Crippen LogP contribution < -0.4 is 5.32 Å². The summed E-state index contributed by atoms with van der Waals surface area (Å²) in [6, 6.07) is 5.41. The molecule has 4 aromatic rings. The van der Waals surface area contributed by atoms with Gasteiger partial charge in [-0.25, -0.2) is 15.0 Å². The van der Waals surface area contributed by atoms with Crippen LogP contribution in [0.2, 0.25) is 0 Å². The molecular weight excluding hydrogens is 399 g/mol. The molecule has 0 bridgehead atoms. The predicted molar refractivity (Wildman–Crippen MR) is 100 cm³/mol. The van der Waals surface area contributed by atoms with Crippen molar-refractivity contribution in [3.8, 4) is 0 Å². The first-order chi connectivity index (χ1) is 12.7. The molecule has 4 aromatic heterocycles. The molecule has 130 valence electrons. The van der Waals surface area contributed by atoms with Gasteiger partial charge in [0.2, 0.25) is 5.95 Å². The highest BCUT2D eigenvalue weighted by molar-refractivity contribution is 9.10. The third-order valence-corrected chi connectivity index (χ3v) is 4.78. The second-order valence-corrected chi connectivity index (χ2v) is 6.60. The number of aromatic amines is 1. The van der Waals surface area contributed by atoms with E-state index in [1.807, 2.05) is 12.3 Å². The summed E-state index contributed by atoms with van der Waals surface area (Å²) in [5.74, 6) is -0.00721. The Morgan fingerprint density at radius 1 is 1.08 bits per heavy atom. The van der Waals surface area contributed by atoms with Gasteiger partial charge < -0.3 is 10.3 Å². The van der Waals surface area contributed by atoms with E-state index >= 15 is 0 Å². The van der Waals surface area contributed by atoms with Gasteiger partial charge in [-0.05, 0) is 39.2 Å². The molecule has 0 saturated carbocycles. The van der Waals surface area contributed by atoms with Gasteiger partial charge >= 0.3 is 0 Å². The quantitative estimate of drug-likeness (QED) is 0.486. The monoisotopic (exact) mass is 412 g/mol. The van der Waals surface area contributed by atoms with Crippen LogP contribution in [0.1, 0.15) is 16.7 Å². The molecule has 0 radical (unpaired) electrons. The second kappa shape index (κ2) is 7.17. The minimum absolute atomic E-state index is 0.419. The number of hydrogen-bond acceptors (Lipinski definition) is 5. The van der Waals surface area contributed by atoms with Crippen LogP contribution in [0.4, 0.5) is 10.2 Å². The molecule has 0 saturated heterocycles. The molecule has 0 aliphatic rings. The highest BCUT2D eigenvalue weighted by Gasteiger charge is 2.11. The lowest BCUT2D eigenvalue weighted by Crippen LogP contribution is -2.05. The molecule has 4 heterocycles. The topological polar surface area (TPSA) is 79.4 Å². The van der Waals surface area contributed by atoms with Crippen LogP contribution >= 0.6 is 15.9 Å². The largest absolute Gasteiger partial charge is 0.366 e. The normalized spacial score (nSPS) is 11.0. The number of halogens is 2. The fraction of sp³-hybridized carbons (Fsp3) is 0.111. The molecule has 0 aliphatic carbocycles. The van der Waals surface area contributed by atoms with Gasteiger partial charge in [0.15, 0.2) is 0 Å². The molecular formula is C18H14BrFN6. The number of nitrogens with zero attached hydrogens (tertiary/aromatic N) is 4. The molecule has 26 heavy (non-hydrogen) atoms. The van der Waals surface area contributed by atoms with Crippen LogP contribution in [-0.2, 0) is 13.0 Å². The van der Waals surface area contributed by atoms with Crippen molar-refractivity contribution >= 4 is 32.8 Å². The van der Waals surface area contributed by atoms with Crippen LogP contribution in [0.3, 0.4) is 0 Å². The fourth-order valence-corrected chi connectivity index (χ4v) is 3.08. The van der Waals surface area contributed by atoms with Crippen LogP contribution in [-0.4, -0.2) is 24.9 Å². The number of fused-ring (bicyclic) bond motifs is 1. The summed E-state index contributed by atoms with van der Waals surface area (Å²) in [5, 5.41) is 4.01. The molecule has 0 unspecified atom stereocenters. The Hall–Kier alpha value is -2.87. The average molecular weight is 413 g/mol. The van der Waals surface area contributed by atoms with E-state index in [1.54, 1.807) is 30.7 Å². The van der Waals surface area contributed by atoms with E-state index in [0.717, 1.165) is 26.6 Å². The van der Waals surface area contributed by atoms with Crippen LogP contribution in [0, 0.1) is 5.95 Å². The standard InChI is InChI=1S/C18H14BrFN6/c19-15-9-21-4-3-12(15)6-23-16-2-1-11(17(20)26-16)5-13-7-24-18-14(13)8-22-10-25-18/h1-4,7-10H,5-6H2,(H,23,26)(H,22,24,25). The van der Waals surface area contributed by atoms with Crippen molar-refractivity contribution in [2.75, 3.05) is 5.32 Å². The maximum atomic E-state index is 14.4. The fourth-order valence-electron chi connectivity index (χ4n) is 2.69. The zero-order valence-electron chi connectivity index (χ0n) is 13.6. The lowest BCUT2D eigenvalue weighted by atomic mass is 10.1. The van der Waals surface area contributed by atoms with Crippen molar-refractivity contribution in [2.24, 2.45) is 0 Å². The van der Waals surface area contributed by atoms with Gasteiger partial charge in [-0.15, -0.1) is 0 Å². The van der Waals surface area contributed by atoms with Crippen LogP contribution in [0.5, 0.6) is 0 Å². The molecule has 0 aliphatic heterocycles.